The molecule has 8 nitrogen and oxygen atoms in total. The van der Waals surface area contributed by atoms with Crippen LogP contribution in [-0.2, 0) is 14.8 Å². The van der Waals surface area contributed by atoms with Crippen LogP contribution in [0.15, 0.2) is 36.1 Å². The number of carboxylic acids is 1. The second kappa shape index (κ2) is 6.34. The molecule has 1 fully saturated rings. The second-order valence-electron chi connectivity index (χ2n) is 5.64. The lowest BCUT2D eigenvalue weighted by molar-refractivity contribution is -0.132. The number of aromatic nitrogens is 1. The van der Waals surface area contributed by atoms with Gasteiger partial charge in [0.25, 0.3) is 0 Å². The van der Waals surface area contributed by atoms with Crippen molar-refractivity contribution in [2.75, 3.05) is 31.1 Å². The van der Waals surface area contributed by atoms with Crippen molar-refractivity contribution in [1.82, 2.24) is 10.3 Å². The number of nitrogens with one attached hydrogen (secondary N) is 1. The van der Waals surface area contributed by atoms with Crippen LogP contribution in [0.2, 0.25) is 0 Å². The van der Waals surface area contributed by atoms with Gasteiger partial charge >= 0.3 is 5.97 Å². The zero-order chi connectivity index (χ0) is 17.3. The average molecular weight is 350 g/mol. The molecule has 1 atom stereocenters. The lowest BCUT2D eigenvalue weighted by Crippen LogP contribution is -2.43. The molecule has 2 heterocycles. The topological polar surface area (TPSA) is 126 Å². The molecule has 1 aromatic rings. The minimum atomic E-state index is -4.02. The van der Waals surface area contributed by atoms with Crippen LogP contribution in [0.3, 0.4) is 0 Å². The number of aliphatic carboxylic acids is 1. The van der Waals surface area contributed by atoms with E-state index in [-0.39, 0.29) is 5.57 Å². The van der Waals surface area contributed by atoms with E-state index in [9.17, 15) is 18.3 Å². The van der Waals surface area contributed by atoms with Crippen molar-refractivity contribution in [3.05, 3.63) is 41.6 Å². The summed E-state index contributed by atoms with van der Waals surface area (Å²) in [6.07, 6.45) is 4.32. The third kappa shape index (κ3) is 3.18. The smallest absolute Gasteiger partial charge is 0.333 e. The molecule has 0 saturated carbocycles. The summed E-state index contributed by atoms with van der Waals surface area (Å²) in [5.41, 5.74) is 0.629. The normalized spacial score (nSPS) is 21.4. The molecule has 1 aromatic heterocycles. The number of carboxylic acid groups (broad SMARTS) is 1. The maximum atomic E-state index is 11.6. The molecule has 0 radical (unpaired) electrons. The molecule has 0 bridgehead atoms. The Morgan fingerprint density at radius 1 is 1.33 bits per heavy atom. The first-order valence-corrected chi connectivity index (χ1v) is 9.08. The number of primary sulfonamides is 1. The van der Waals surface area contributed by atoms with Gasteiger partial charge in [-0.05, 0) is 17.7 Å². The highest BCUT2D eigenvalue weighted by molar-refractivity contribution is 7.90. The van der Waals surface area contributed by atoms with Crippen molar-refractivity contribution in [3.63, 3.8) is 0 Å². The van der Waals surface area contributed by atoms with Crippen LogP contribution >= 0.6 is 0 Å². The fraction of sp³-hybridized carbons (Fsp3) is 0.333. The molecule has 128 valence electrons. The molecule has 4 N–H and O–H groups in total. The van der Waals surface area contributed by atoms with E-state index < -0.39 is 21.2 Å². The minimum absolute atomic E-state index is 0.241. The molecule has 1 aliphatic heterocycles. The number of carbonyl (C=O) groups is 1. The predicted molar refractivity (Wildman–Crippen MR) is 89.9 cm³/mol. The lowest BCUT2D eigenvalue weighted by Gasteiger charge is -2.28. The summed E-state index contributed by atoms with van der Waals surface area (Å²) in [5.74, 6) is -0.497. The first kappa shape index (κ1) is 16.6. The van der Waals surface area contributed by atoms with E-state index in [1.54, 1.807) is 12.3 Å². The van der Waals surface area contributed by atoms with Crippen molar-refractivity contribution in [1.29, 1.82) is 0 Å². The summed E-state index contributed by atoms with van der Waals surface area (Å²) in [6.45, 7) is 3.47. The van der Waals surface area contributed by atoms with Crippen LogP contribution < -0.4 is 15.4 Å². The molecule has 2 aliphatic rings. The molecule has 9 heteroatoms. The first-order valence-electron chi connectivity index (χ1n) is 7.47. The highest BCUT2D eigenvalue weighted by Gasteiger charge is 2.34. The second-order valence-corrected chi connectivity index (χ2v) is 7.33. The van der Waals surface area contributed by atoms with E-state index >= 15 is 0 Å². The van der Waals surface area contributed by atoms with Gasteiger partial charge in [-0.3, -0.25) is 0 Å². The number of pyridine rings is 1. The van der Waals surface area contributed by atoms with E-state index in [4.69, 9.17) is 5.14 Å². The Morgan fingerprint density at radius 2 is 2.04 bits per heavy atom. The van der Waals surface area contributed by atoms with Gasteiger partial charge < -0.3 is 15.3 Å². The summed E-state index contributed by atoms with van der Waals surface area (Å²) in [7, 11) is -4.02. The summed E-state index contributed by atoms with van der Waals surface area (Å²) in [5, 5.41) is 16.4. The van der Waals surface area contributed by atoms with Gasteiger partial charge in [-0.1, -0.05) is 12.2 Å². The van der Waals surface area contributed by atoms with Gasteiger partial charge in [0.15, 0.2) is 0 Å². The van der Waals surface area contributed by atoms with E-state index in [1.165, 1.54) is 12.2 Å². The van der Waals surface area contributed by atoms with E-state index in [2.05, 4.69) is 15.2 Å². The van der Waals surface area contributed by atoms with Crippen molar-refractivity contribution in [2.24, 2.45) is 5.14 Å². The summed E-state index contributed by atoms with van der Waals surface area (Å²) < 4.78 is 23.2. The Hall–Kier alpha value is -2.23. The minimum Gasteiger partial charge on any atom is -0.478 e. The molecule has 0 amide bonds. The number of hydrogen-bond donors (Lipinski definition) is 3. The molecular formula is C15H18N4O4S. The van der Waals surface area contributed by atoms with Gasteiger partial charge in [0.05, 0.1) is 5.57 Å². The van der Waals surface area contributed by atoms with E-state index in [1.807, 2.05) is 6.07 Å². The van der Waals surface area contributed by atoms with Crippen molar-refractivity contribution < 1.29 is 18.3 Å². The highest BCUT2D eigenvalue weighted by atomic mass is 32.2. The number of anilines is 1. The van der Waals surface area contributed by atoms with E-state index in [0.29, 0.717) is 11.1 Å². The van der Waals surface area contributed by atoms with Gasteiger partial charge in [-0.15, -0.1) is 0 Å². The monoisotopic (exact) mass is 350 g/mol. The molecular weight excluding hydrogens is 332 g/mol. The summed E-state index contributed by atoms with van der Waals surface area (Å²) in [6, 6.07) is 3.56. The number of hydrogen-bond acceptors (Lipinski definition) is 6. The Labute approximate surface area is 139 Å². The van der Waals surface area contributed by atoms with Crippen molar-refractivity contribution in [3.8, 4) is 0 Å². The predicted octanol–water partition coefficient (Wildman–Crippen LogP) is -0.444. The third-order valence-electron chi connectivity index (χ3n) is 4.10. The molecule has 1 saturated heterocycles. The zero-order valence-electron chi connectivity index (χ0n) is 12.8. The molecule has 1 unspecified atom stereocenters. The van der Waals surface area contributed by atoms with Gasteiger partial charge in [-0.2, -0.15) is 0 Å². The average Bonchev–Trinajstić information content (AvgIpc) is 3.01. The van der Waals surface area contributed by atoms with Gasteiger partial charge in [0.2, 0.25) is 10.0 Å². The number of sulfonamides is 1. The van der Waals surface area contributed by atoms with Gasteiger partial charge in [0, 0.05) is 37.9 Å². The number of rotatable bonds is 4. The van der Waals surface area contributed by atoms with Crippen molar-refractivity contribution in [2.45, 2.75) is 5.25 Å². The standard InChI is InChI=1S/C15H18N4O4S/c16-24(22,23)12-3-2-11(14(12)15(20)21)10-1-4-13(18-9-10)19-7-5-17-6-8-19/h1-4,9,12,17H,5-8H2,(H,20,21)(H2,16,22,23). The largest absolute Gasteiger partial charge is 0.478 e. The maximum absolute atomic E-state index is 11.6. The first-order chi connectivity index (χ1) is 11.4. The molecule has 24 heavy (non-hydrogen) atoms. The quantitative estimate of drug-likeness (QED) is 0.672. The van der Waals surface area contributed by atoms with Crippen LogP contribution in [0.4, 0.5) is 5.82 Å². The Bertz CT molecular complexity index is 808. The molecule has 0 spiro atoms. The Balaban J connectivity index is 1.94. The van der Waals surface area contributed by atoms with Gasteiger partial charge in [0.1, 0.15) is 11.1 Å². The number of allylic oxidation sites excluding steroid dienone is 2. The number of nitrogens with two attached hydrogens (primary N) is 1. The number of nitrogens with zero attached hydrogens (tertiary/aromatic N) is 2. The lowest BCUT2D eigenvalue weighted by atomic mass is 10.0. The van der Waals surface area contributed by atoms with Crippen molar-refractivity contribution >= 4 is 27.4 Å². The number of piperazine rings is 1. The van der Waals surface area contributed by atoms with Crippen LogP contribution in [-0.4, -0.2) is 55.9 Å². The van der Waals surface area contributed by atoms with Crippen LogP contribution in [0, 0.1) is 0 Å². The molecule has 3 rings (SSSR count). The highest BCUT2D eigenvalue weighted by Crippen LogP contribution is 2.31. The van der Waals surface area contributed by atoms with Crippen LogP contribution in [0.25, 0.3) is 5.57 Å². The summed E-state index contributed by atoms with van der Waals surface area (Å²) >= 11 is 0. The summed E-state index contributed by atoms with van der Waals surface area (Å²) in [4.78, 5) is 18.0. The molecule has 0 aromatic carbocycles. The fourth-order valence-electron chi connectivity index (χ4n) is 2.91. The maximum Gasteiger partial charge on any atom is 0.333 e. The fourth-order valence-corrected chi connectivity index (χ4v) is 3.77. The zero-order valence-corrected chi connectivity index (χ0v) is 13.7. The molecule has 1 aliphatic carbocycles. The van der Waals surface area contributed by atoms with E-state index in [0.717, 1.165) is 32.0 Å². The Morgan fingerprint density at radius 3 is 2.58 bits per heavy atom. The SMILES string of the molecule is NS(=O)(=O)C1C=CC(c2ccc(N3CCNCC3)nc2)=C1C(=O)O. The van der Waals surface area contributed by atoms with Gasteiger partial charge in [-0.25, -0.2) is 23.3 Å². The Kier molecular flexibility index (Phi) is 4.39. The van der Waals surface area contributed by atoms with Crippen LogP contribution in [0.1, 0.15) is 5.56 Å². The van der Waals surface area contributed by atoms with Crippen LogP contribution in [0.5, 0.6) is 0 Å². The third-order valence-corrected chi connectivity index (χ3v) is 5.20.